The quantitative estimate of drug-likeness (QED) is 0.520. The topological polar surface area (TPSA) is 98.5 Å². The van der Waals surface area contributed by atoms with Crippen LogP contribution < -0.4 is 5.32 Å². The average Bonchev–Trinajstić information content (AvgIpc) is 2.36. The summed E-state index contributed by atoms with van der Waals surface area (Å²) in [7, 11) is 0. The monoisotopic (exact) mass is 328 g/mol. The number of amides is 1. The van der Waals surface area contributed by atoms with Gasteiger partial charge in [-0.05, 0) is 33.8 Å². The van der Waals surface area contributed by atoms with Gasteiger partial charge in [0.15, 0.2) is 0 Å². The molecule has 0 radical (unpaired) electrons. The Hall–Kier alpha value is -2.15. The van der Waals surface area contributed by atoms with Gasteiger partial charge in [-0.25, -0.2) is 4.79 Å². The van der Waals surface area contributed by atoms with E-state index in [1.165, 1.54) is 19.1 Å². The van der Waals surface area contributed by atoms with Gasteiger partial charge in [-0.15, -0.1) is 0 Å². The number of nitro benzene ring substituents is 1. The van der Waals surface area contributed by atoms with Gasteiger partial charge >= 0.3 is 6.09 Å². The molecule has 0 aromatic heterocycles. The second-order valence-electron chi connectivity index (χ2n) is 5.87. The summed E-state index contributed by atoms with van der Waals surface area (Å²) in [5, 5.41) is 13.4. The summed E-state index contributed by atoms with van der Waals surface area (Å²) in [6, 6.07) is 3.66. The van der Waals surface area contributed by atoms with Crippen LogP contribution in [0.5, 0.6) is 0 Å². The lowest BCUT2D eigenvalue weighted by Crippen LogP contribution is -2.47. The van der Waals surface area contributed by atoms with Crippen LogP contribution in [0.1, 0.15) is 33.3 Å². The number of hydrogen-bond donors (Lipinski definition) is 1. The van der Waals surface area contributed by atoms with Crippen LogP contribution in [0.2, 0.25) is 5.02 Å². The lowest BCUT2D eigenvalue weighted by atomic mass is 9.93. The van der Waals surface area contributed by atoms with Crippen molar-refractivity contribution in [2.45, 2.75) is 38.8 Å². The molecule has 0 aliphatic rings. The lowest BCUT2D eigenvalue weighted by molar-refractivity contribution is -0.385. The molecule has 0 bridgehead atoms. The van der Waals surface area contributed by atoms with Gasteiger partial charge in [0, 0.05) is 22.7 Å². The highest BCUT2D eigenvalue weighted by atomic mass is 35.5. The predicted octanol–water partition coefficient (Wildman–Crippen LogP) is 3.19. The fourth-order valence-corrected chi connectivity index (χ4v) is 2.01. The Bertz CT molecular complexity index is 612. The van der Waals surface area contributed by atoms with E-state index in [0.717, 1.165) is 6.07 Å². The van der Waals surface area contributed by atoms with Crippen LogP contribution in [-0.4, -0.2) is 22.9 Å². The second kappa shape index (κ2) is 6.31. The highest BCUT2D eigenvalue weighted by Crippen LogP contribution is 2.30. The van der Waals surface area contributed by atoms with E-state index in [9.17, 15) is 19.7 Å². The minimum absolute atomic E-state index is 0.115. The molecule has 0 saturated carbocycles. The summed E-state index contributed by atoms with van der Waals surface area (Å²) in [6.45, 7) is 6.40. The number of rotatable bonds is 4. The van der Waals surface area contributed by atoms with E-state index in [1.54, 1.807) is 20.8 Å². The number of nitrogens with zero attached hydrogens (tertiary/aromatic N) is 1. The molecule has 1 aromatic carbocycles. The summed E-state index contributed by atoms with van der Waals surface area (Å²) >= 11 is 6.01. The van der Waals surface area contributed by atoms with Gasteiger partial charge in [-0.3, -0.25) is 10.1 Å². The minimum atomic E-state index is -1.55. The molecule has 1 aromatic rings. The van der Waals surface area contributed by atoms with Gasteiger partial charge in [0.1, 0.15) is 17.4 Å². The number of alkyl carbamates (subject to hydrolysis) is 1. The number of carbonyl (C=O) groups is 2. The zero-order valence-corrected chi connectivity index (χ0v) is 13.4. The smallest absolute Gasteiger partial charge is 0.408 e. The Kier molecular flexibility index (Phi) is 5.13. The molecule has 120 valence electrons. The van der Waals surface area contributed by atoms with Gasteiger partial charge < -0.3 is 14.8 Å². The van der Waals surface area contributed by atoms with Crippen molar-refractivity contribution in [3.05, 3.63) is 38.9 Å². The van der Waals surface area contributed by atoms with Crippen LogP contribution in [0.4, 0.5) is 10.5 Å². The summed E-state index contributed by atoms with van der Waals surface area (Å²) in [5.41, 5.74) is -2.42. The number of non-ortho nitro benzene ring substituents is 1. The fraction of sp³-hybridized carbons (Fsp3) is 0.429. The molecule has 1 unspecified atom stereocenters. The van der Waals surface area contributed by atoms with E-state index in [4.69, 9.17) is 16.3 Å². The highest BCUT2D eigenvalue weighted by molar-refractivity contribution is 6.31. The molecule has 0 spiro atoms. The molecule has 0 fully saturated rings. The Morgan fingerprint density at radius 3 is 2.41 bits per heavy atom. The Morgan fingerprint density at radius 1 is 1.36 bits per heavy atom. The molecule has 22 heavy (non-hydrogen) atoms. The summed E-state index contributed by atoms with van der Waals surface area (Å²) < 4.78 is 5.09. The molecule has 1 amide bonds. The number of hydrogen-bond acceptors (Lipinski definition) is 5. The largest absolute Gasteiger partial charge is 0.444 e. The number of aldehydes is 1. The molecule has 0 aliphatic heterocycles. The van der Waals surface area contributed by atoms with Gasteiger partial charge in [0.2, 0.25) is 0 Å². The van der Waals surface area contributed by atoms with Gasteiger partial charge in [-0.1, -0.05) is 11.6 Å². The molecular weight excluding hydrogens is 312 g/mol. The Labute approximate surface area is 132 Å². The number of nitrogens with one attached hydrogen (secondary N) is 1. The second-order valence-corrected chi connectivity index (χ2v) is 6.28. The third kappa shape index (κ3) is 4.42. The number of carbonyl (C=O) groups excluding carboxylic acids is 2. The average molecular weight is 329 g/mol. The molecule has 0 saturated heterocycles. The van der Waals surface area contributed by atoms with Crippen molar-refractivity contribution in [1.29, 1.82) is 0 Å². The van der Waals surface area contributed by atoms with Gasteiger partial charge in [-0.2, -0.15) is 0 Å². The maximum Gasteiger partial charge on any atom is 0.408 e. The maximum absolute atomic E-state index is 11.9. The van der Waals surface area contributed by atoms with Crippen molar-refractivity contribution in [1.82, 2.24) is 5.32 Å². The van der Waals surface area contributed by atoms with Crippen LogP contribution in [0.25, 0.3) is 0 Å². The number of halogens is 1. The number of benzene rings is 1. The zero-order chi connectivity index (χ0) is 17.1. The molecular formula is C14H17ClN2O5. The Balaban J connectivity index is 3.18. The zero-order valence-electron chi connectivity index (χ0n) is 12.7. The van der Waals surface area contributed by atoms with Crippen LogP contribution >= 0.6 is 11.6 Å². The first-order valence-corrected chi connectivity index (χ1v) is 6.78. The van der Waals surface area contributed by atoms with Gasteiger partial charge in [0.05, 0.1) is 4.92 Å². The molecule has 0 aliphatic carbocycles. The minimum Gasteiger partial charge on any atom is -0.444 e. The highest BCUT2D eigenvalue weighted by Gasteiger charge is 2.33. The number of ether oxygens (including phenoxy) is 1. The van der Waals surface area contributed by atoms with Crippen LogP contribution in [0.3, 0.4) is 0 Å². The molecule has 1 atom stereocenters. The molecule has 1 N–H and O–H groups in total. The summed E-state index contributed by atoms with van der Waals surface area (Å²) in [5.74, 6) is 0. The maximum atomic E-state index is 11.9. The summed E-state index contributed by atoms with van der Waals surface area (Å²) in [6.07, 6.45) is -0.383. The van der Waals surface area contributed by atoms with E-state index in [1.807, 2.05) is 0 Å². The van der Waals surface area contributed by atoms with Crippen molar-refractivity contribution >= 4 is 29.7 Å². The Morgan fingerprint density at radius 2 is 1.95 bits per heavy atom. The van der Waals surface area contributed by atoms with E-state index < -0.39 is 22.2 Å². The van der Waals surface area contributed by atoms with E-state index in [2.05, 4.69) is 5.32 Å². The van der Waals surface area contributed by atoms with Crippen molar-refractivity contribution in [2.75, 3.05) is 0 Å². The van der Waals surface area contributed by atoms with E-state index >= 15 is 0 Å². The van der Waals surface area contributed by atoms with Crippen LogP contribution in [0, 0.1) is 10.1 Å². The predicted molar refractivity (Wildman–Crippen MR) is 80.9 cm³/mol. The van der Waals surface area contributed by atoms with Crippen molar-refractivity contribution < 1.29 is 19.2 Å². The SMILES string of the molecule is CC(C)(C)OC(=O)NC(C)(C=O)c1cc([N+](=O)[O-])ccc1Cl. The fourth-order valence-electron chi connectivity index (χ4n) is 1.70. The third-order valence-electron chi connectivity index (χ3n) is 2.72. The van der Waals surface area contributed by atoms with Crippen molar-refractivity contribution in [3.63, 3.8) is 0 Å². The van der Waals surface area contributed by atoms with Crippen LogP contribution in [-0.2, 0) is 15.1 Å². The van der Waals surface area contributed by atoms with E-state index in [0.29, 0.717) is 6.29 Å². The molecule has 7 nitrogen and oxygen atoms in total. The lowest BCUT2D eigenvalue weighted by Gasteiger charge is -2.28. The van der Waals surface area contributed by atoms with Crippen molar-refractivity contribution in [2.24, 2.45) is 0 Å². The normalized spacial score (nSPS) is 13.9. The molecule has 0 heterocycles. The third-order valence-corrected chi connectivity index (χ3v) is 3.05. The first kappa shape index (κ1) is 17.9. The standard InChI is InChI=1S/C14H17ClN2O5/c1-13(2,3)22-12(19)16-14(4,8-18)10-7-9(17(20)21)5-6-11(10)15/h5-8H,1-4H3,(H,16,19). The van der Waals surface area contributed by atoms with E-state index in [-0.39, 0.29) is 16.3 Å². The van der Waals surface area contributed by atoms with Gasteiger partial charge in [0.25, 0.3) is 5.69 Å². The molecule has 8 heteroatoms. The molecule has 1 rings (SSSR count). The first-order chi connectivity index (χ1) is 9.98. The summed E-state index contributed by atoms with van der Waals surface area (Å²) in [4.78, 5) is 33.6. The first-order valence-electron chi connectivity index (χ1n) is 6.40. The number of nitro groups is 1. The van der Waals surface area contributed by atoms with Crippen molar-refractivity contribution in [3.8, 4) is 0 Å². The van der Waals surface area contributed by atoms with Crippen LogP contribution in [0.15, 0.2) is 18.2 Å².